The Morgan fingerprint density at radius 2 is 1.68 bits per heavy atom. The number of hydrogen-bond donors (Lipinski definition) is 3. The standard InChI is InChI=1S/C20H27N3O2/c1-3-21-20(23-15-17-8-12-19(25-2)13-9-17)22-14-4-5-16-6-10-18(24)11-7-16/h6-13,24H,3-5,14-15H2,1-2H3,(H2,21,22,23). The van der Waals surface area contributed by atoms with E-state index in [0.717, 1.165) is 43.2 Å². The van der Waals surface area contributed by atoms with Gasteiger partial charge in [-0.3, -0.25) is 0 Å². The van der Waals surface area contributed by atoms with Crippen molar-refractivity contribution in [3.63, 3.8) is 0 Å². The molecule has 0 atom stereocenters. The van der Waals surface area contributed by atoms with E-state index >= 15 is 0 Å². The number of guanidine groups is 1. The molecule has 2 aromatic rings. The van der Waals surface area contributed by atoms with E-state index in [1.54, 1.807) is 19.2 Å². The molecule has 3 N–H and O–H groups in total. The summed E-state index contributed by atoms with van der Waals surface area (Å²) in [5.41, 5.74) is 2.36. The van der Waals surface area contributed by atoms with Crippen LogP contribution in [0.5, 0.6) is 11.5 Å². The SMILES string of the molecule is CCNC(=NCc1ccc(OC)cc1)NCCCc1ccc(O)cc1. The van der Waals surface area contributed by atoms with E-state index in [1.807, 2.05) is 36.4 Å². The molecule has 25 heavy (non-hydrogen) atoms. The Labute approximate surface area is 149 Å². The number of benzene rings is 2. The summed E-state index contributed by atoms with van der Waals surface area (Å²) in [6.07, 6.45) is 1.96. The Balaban J connectivity index is 1.79. The third-order valence-electron chi connectivity index (χ3n) is 3.79. The molecule has 0 unspecified atom stereocenters. The number of nitrogens with zero attached hydrogens (tertiary/aromatic N) is 1. The monoisotopic (exact) mass is 341 g/mol. The Kier molecular flexibility index (Phi) is 7.63. The number of rotatable bonds is 8. The van der Waals surface area contributed by atoms with Gasteiger partial charge in [0, 0.05) is 13.1 Å². The minimum absolute atomic E-state index is 0.307. The number of phenolic OH excluding ortho intramolecular Hbond substituents is 1. The highest BCUT2D eigenvalue weighted by atomic mass is 16.5. The van der Waals surface area contributed by atoms with Gasteiger partial charge >= 0.3 is 0 Å². The molecule has 2 aromatic carbocycles. The average Bonchev–Trinajstić information content (AvgIpc) is 2.65. The predicted octanol–water partition coefficient (Wildman–Crippen LogP) is 3.09. The number of phenols is 1. The molecular formula is C20H27N3O2. The van der Waals surface area contributed by atoms with Crippen LogP contribution in [-0.4, -0.2) is 31.3 Å². The van der Waals surface area contributed by atoms with Crippen LogP contribution < -0.4 is 15.4 Å². The lowest BCUT2D eigenvalue weighted by Gasteiger charge is -2.11. The van der Waals surface area contributed by atoms with Crippen LogP contribution in [-0.2, 0) is 13.0 Å². The third kappa shape index (κ3) is 6.75. The van der Waals surface area contributed by atoms with Crippen LogP contribution in [0.3, 0.4) is 0 Å². The van der Waals surface area contributed by atoms with Crippen molar-refractivity contribution in [1.29, 1.82) is 0 Å². The molecule has 0 amide bonds. The van der Waals surface area contributed by atoms with Crippen molar-refractivity contribution < 1.29 is 9.84 Å². The molecule has 0 radical (unpaired) electrons. The summed E-state index contributed by atoms with van der Waals surface area (Å²) >= 11 is 0. The lowest BCUT2D eigenvalue weighted by Crippen LogP contribution is -2.37. The van der Waals surface area contributed by atoms with Crippen LogP contribution in [0, 0.1) is 0 Å². The molecule has 0 saturated heterocycles. The van der Waals surface area contributed by atoms with E-state index in [1.165, 1.54) is 5.56 Å². The minimum atomic E-state index is 0.307. The molecule has 0 aliphatic rings. The highest BCUT2D eigenvalue weighted by Crippen LogP contribution is 2.12. The van der Waals surface area contributed by atoms with E-state index in [9.17, 15) is 5.11 Å². The van der Waals surface area contributed by atoms with E-state index in [4.69, 9.17) is 4.74 Å². The smallest absolute Gasteiger partial charge is 0.191 e. The molecule has 0 aromatic heterocycles. The van der Waals surface area contributed by atoms with Gasteiger partial charge in [-0.25, -0.2) is 4.99 Å². The van der Waals surface area contributed by atoms with Crippen LogP contribution in [0.1, 0.15) is 24.5 Å². The van der Waals surface area contributed by atoms with Gasteiger partial charge in [-0.05, 0) is 55.2 Å². The van der Waals surface area contributed by atoms with Crippen molar-refractivity contribution in [2.45, 2.75) is 26.3 Å². The Hall–Kier alpha value is -2.69. The first-order valence-corrected chi connectivity index (χ1v) is 8.64. The minimum Gasteiger partial charge on any atom is -0.508 e. The highest BCUT2D eigenvalue weighted by Gasteiger charge is 1.99. The zero-order chi connectivity index (χ0) is 17.9. The Bertz CT molecular complexity index is 652. The van der Waals surface area contributed by atoms with Gasteiger partial charge in [0.1, 0.15) is 11.5 Å². The first kappa shape index (κ1) is 18.6. The Morgan fingerprint density at radius 3 is 2.32 bits per heavy atom. The maximum Gasteiger partial charge on any atom is 0.191 e. The molecule has 0 saturated carbocycles. The summed E-state index contributed by atoms with van der Waals surface area (Å²) in [4.78, 5) is 4.62. The molecule has 0 heterocycles. The maximum absolute atomic E-state index is 9.30. The van der Waals surface area contributed by atoms with Gasteiger partial charge in [-0.15, -0.1) is 0 Å². The molecule has 0 fully saturated rings. The largest absolute Gasteiger partial charge is 0.508 e. The fraction of sp³-hybridized carbons (Fsp3) is 0.350. The second kappa shape index (κ2) is 10.2. The van der Waals surface area contributed by atoms with Crippen LogP contribution in [0.25, 0.3) is 0 Å². The van der Waals surface area contributed by atoms with Gasteiger partial charge in [-0.1, -0.05) is 24.3 Å². The quantitative estimate of drug-likeness (QED) is 0.392. The summed E-state index contributed by atoms with van der Waals surface area (Å²) < 4.78 is 5.17. The van der Waals surface area contributed by atoms with Crippen LogP contribution in [0.15, 0.2) is 53.5 Å². The first-order valence-electron chi connectivity index (χ1n) is 8.64. The predicted molar refractivity (Wildman–Crippen MR) is 102 cm³/mol. The molecule has 134 valence electrons. The van der Waals surface area contributed by atoms with E-state index in [0.29, 0.717) is 12.3 Å². The fourth-order valence-corrected chi connectivity index (χ4v) is 2.40. The lowest BCUT2D eigenvalue weighted by molar-refractivity contribution is 0.414. The average molecular weight is 341 g/mol. The van der Waals surface area contributed by atoms with Gasteiger partial charge in [0.15, 0.2) is 5.96 Å². The first-order chi connectivity index (χ1) is 12.2. The van der Waals surface area contributed by atoms with Crippen molar-refractivity contribution in [3.05, 3.63) is 59.7 Å². The normalized spacial score (nSPS) is 11.2. The molecular weight excluding hydrogens is 314 g/mol. The highest BCUT2D eigenvalue weighted by molar-refractivity contribution is 5.79. The zero-order valence-corrected chi connectivity index (χ0v) is 15.0. The Morgan fingerprint density at radius 1 is 1.00 bits per heavy atom. The van der Waals surface area contributed by atoms with Gasteiger partial charge in [0.2, 0.25) is 0 Å². The molecule has 5 heteroatoms. The molecule has 5 nitrogen and oxygen atoms in total. The summed E-state index contributed by atoms with van der Waals surface area (Å²) in [6.45, 7) is 4.35. The van der Waals surface area contributed by atoms with Crippen LogP contribution in [0.4, 0.5) is 0 Å². The molecule has 0 aliphatic carbocycles. The summed E-state index contributed by atoms with van der Waals surface area (Å²) in [5, 5.41) is 15.9. The second-order valence-corrected chi connectivity index (χ2v) is 5.74. The molecule has 0 bridgehead atoms. The van der Waals surface area contributed by atoms with E-state index in [2.05, 4.69) is 22.5 Å². The van der Waals surface area contributed by atoms with Crippen LogP contribution >= 0.6 is 0 Å². The molecule has 2 rings (SSSR count). The van der Waals surface area contributed by atoms with E-state index < -0.39 is 0 Å². The fourth-order valence-electron chi connectivity index (χ4n) is 2.40. The van der Waals surface area contributed by atoms with E-state index in [-0.39, 0.29) is 0 Å². The number of aromatic hydroxyl groups is 1. The van der Waals surface area contributed by atoms with Crippen LogP contribution in [0.2, 0.25) is 0 Å². The summed E-state index contributed by atoms with van der Waals surface area (Å²) in [6, 6.07) is 15.3. The summed E-state index contributed by atoms with van der Waals surface area (Å²) in [7, 11) is 1.67. The maximum atomic E-state index is 9.30. The van der Waals surface area contributed by atoms with Crippen molar-refractivity contribution in [1.82, 2.24) is 10.6 Å². The van der Waals surface area contributed by atoms with Crippen molar-refractivity contribution in [3.8, 4) is 11.5 Å². The van der Waals surface area contributed by atoms with Gasteiger partial charge < -0.3 is 20.5 Å². The molecule has 0 aliphatic heterocycles. The third-order valence-corrected chi connectivity index (χ3v) is 3.79. The summed E-state index contributed by atoms with van der Waals surface area (Å²) in [5.74, 6) is 1.98. The number of aryl methyl sites for hydroxylation is 1. The number of aliphatic imine (C=N–C) groups is 1. The number of methoxy groups -OCH3 is 1. The lowest BCUT2D eigenvalue weighted by atomic mass is 10.1. The van der Waals surface area contributed by atoms with Gasteiger partial charge in [-0.2, -0.15) is 0 Å². The van der Waals surface area contributed by atoms with Crippen molar-refractivity contribution >= 4 is 5.96 Å². The zero-order valence-electron chi connectivity index (χ0n) is 15.0. The second-order valence-electron chi connectivity index (χ2n) is 5.74. The number of hydrogen-bond acceptors (Lipinski definition) is 3. The van der Waals surface area contributed by atoms with Gasteiger partial charge in [0.25, 0.3) is 0 Å². The van der Waals surface area contributed by atoms with Crippen molar-refractivity contribution in [2.75, 3.05) is 20.2 Å². The van der Waals surface area contributed by atoms with Crippen molar-refractivity contribution in [2.24, 2.45) is 4.99 Å². The number of ether oxygens (including phenoxy) is 1. The molecule has 0 spiro atoms. The number of nitrogens with one attached hydrogen (secondary N) is 2. The van der Waals surface area contributed by atoms with Gasteiger partial charge in [0.05, 0.1) is 13.7 Å². The topological polar surface area (TPSA) is 65.9 Å².